The van der Waals surface area contributed by atoms with Gasteiger partial charge in [-0.3, -0.25) is 57.7 Å². The highest BCUT2D eigenvalue weighted by Gasteiger charge is 2.42. The molecule has 0 bridgehead atoms. The zero-order chi connectivity index (χ0) is 66.9. The summed E-state index contributed by atoms with van der Waals surface area (Å²) in [5, 5.41) is 40.7. The van der Waals surface area contributed by atoms with E-state index in [0.29, 0.717) is 23.2 Å². The Kier molecular flexibility index (Phi) is 28.6. The second kappa shape index (κ2) is 35.3. The third-order valence-electron chi connectivity index (χ3n) is 14.5. The van der Waals surface area contributed by atoms with E-state index in [2.05, 4.69) is 57.5 Å². The predicted molar refractivity (Wildman–Crippen MR) is 327 cm³/mol. The Balaban J connectivity index is 1.62. The number of aliphatic imine (C=N–C) groups is 1. The molecule has 31 heteroatoms. The van der Waals surface area contributed by atoms with Crippen LogP contribution in [0.2, 0.25) is 0 Å². The number of nitrogens with one attached hydrogen (secondary N) is 9. The number of nitrogens with two attached hydrogens (primary N) is 5. The molecule has 31 nitrogen and oxygen atoms in total. The summed E-state index contributed by atoms with van der Waals surface area (Å²) in [6, 6.07) is 0.112. The summed E-state index contributed by atoms with van der Waals surface area (Å²) in [7, 11) is 0. The minimum absolute atomic E-state index is 0.0183. The van der Waals surface area contributed by atoms with E-state index < -0.39 is 156 Å². The topological polar surface area (TPSA) is 516 Å². The van der Waals surface area contributed by atoms with E-state index >= 15 is 0 Å². The summed E-state index contributed by atoms with van der Waals surface area (Å²) >= 11 is 0. The molecule has 10 atom stereocenters. The second-order valence-corrected chi connectivity index (χ2v) is 23.2. The average molecular weight is 1260 g/mol. The second-order valence-electron chi connectivity index (χ2n) is 23.2. The largest absolute Gasteiger partial charge is 0.508 e. The minimum atomic E-state index is -1.65. The molecule has 0 unspecified atom stereocenters. The van der Waals surface area contributed by atoms with Crippen LogP contribution in [0.15, 0.2) is 72.1 Å². The molecular formula is C59H87N17O14. The highest BCUT2D eigenvalue weighted by molar-refractivity contribution is 6.00. The maximum atomic E-state index is 14.9. The smallest absolute Gasteiger partial charge is 0.326 e. The van der Waals surface area contributed by atoms with Gasteiger partial charge in [0.15, 0.2) is 5.96 Å². The molecule has 2 heterocycles. The molecule has 0 saturated carbocycles. The van der Waals surface area contributed by atoms with E-state index in [1.165, 1.54) is 41.7 Å². The molecule has 90 heavy (non-hydrogen) atoms. The number of nitrogens with zero attached hydrogens (tertiary/aromatic N) is 3. The van der Waals surface area contributed by atoms with Crippen LogP contribution in [-0.2, 0) is 76.8 Å². The maximum Gasteiger partial charge on any atom is 0.326 e. The maximum absolute atomic E-state index is 14.9. The number of carboxylic acid groups (broad SMARTS) is 1. The molecule has 1 aromatic heterocycles. The van der Waals surface area contributed by atoms with Crippen molar-refractivity contribution in [2.75, 3.05) is 13.1 Å². The number of carboxylic acids is 1. The monoisotopic (exact) mass is 1260 g/mol. The molecule has 2 aromatic carbocycles. The molecule has 1 saturated heterocycles. The number of primary amides is 2. The standard InChI is InChI=1S/C59H87N17O14/c1-30(2)22-43(58(89)90)73-52(83)41(27-46(62)79)69-51(82)39(23-33-12-8-7-9-13-33)70-54(85)44-15-11-21-76(44)57(88)42(25-35-28-65-29-67-35)72-56(87)48(32(5)6)75-53(84)40(24-34-16-18-36(77)19-17-34)71-55(86)47(31(3)4)74-50(81)38(14-10-20-66-59(63)64)68-49(80)37(60)26-45(61)78/h7-9,12-13,16-19,28-32,37-44,47-48,77H,10-11,14-15,20-27,60H2,1-6H3,(H2,61,78)(H2,62,79)(H,65,67)(H,68,80)(H,69,82)(H,70,85)(H,71,86)(H,72,87)(H,73,83)(H,74,81)(H,75,84)(H,89,90)(H4,63,64,66)/t37-,38-,39-,40-,41-,42-,43-,44-,47-,48-/m0/s1. The summed E-state index contributed by atoms with van der Waals surface area (Å²) in [5.74, 6) is -12.8. The van der Waals surface area contributed by atoms with Crippen molar-refractivity contribution in [3.05, 3.63) is 83.9 Å². The van der Waals surface area contributed by atoms with Gasteiger partial charge in [0.25, 0.3) is 0 Å². The molecule has 1 aliphatic heterocycles. The molecule has 1 aliphatic rings. The number of phenols is 1. The van der Waals surface area contributed by atoms with Gasteiger partial charge in [0, 0.05) is 44.2 Å². The van der Waals surface area contributed by atoms with Crippen molar-refractivity contribution < 1.29 is 67.7 Å². The van der Waals surface area contributed by atoms with Crippen LogP contribution in [0.5, 0.6) is 5.75 Å². The van der Waals surface area contributed by atoms with Gasteiger partial charge < -0.3 is 91.3 Å². The fourth-order valence-electron chi connectivity index (χ4n) is 9.83. The molecule has 0 spiro atoms. The molecular weight excluding hydrogens is 1170 g/mol. The first-order chi connectivity index (χ1) is 42.4. The summed E-state index contributed by atoms with van der Waals surface area (Å²) in [5.41, 5.74) is 28.9. The van der Waals surface area contributed by atoms with Crippen molar-refractivity contribution in [3.63, 3.8) is 0 Å². The van der Waals surface area contributed by atoms with E-state index in [-0.39, 0.29) is 75.7 Å². The average Bonchev–Trinajstić information content (AvgIpc) is 1.66. The van der Waals surface area contributed by atoms with Gasteiger partial charge in [-0.1, -0.05) is 84.0 Å². The van der Waals surface area contributed by atoms with E-state index in [4.69, 9.17) is 28.7 Å². The number of aliphatic carboxylic acids is 1. The quantitative estimate of drug-likeness (QED) is 0.0153. The summed E-state index contributed by atoms with van der Waals surface area (Å²) in [6.07, 6.45) is 1.50. The van der Waals surface area contributed by atoms with Crippen molar-refractivity contribution in [2.45, 2.75) is 166 Å². The Hall–Kier alpha value is -9.68. The van der Waals surface area contributed by atoms with E-state index in [1.807, 2.05) is 0 Å². The first-order valence-electron chi connectivity index (χ1n) is 29.6. The molecule has 0 radical (unpaired) electrons. The third-order valence-corrected chi connectivity index (χ3v) is 14.5. The van der Waals surface area contributed by atoms with Crippen molar-refractivity contribution in [3.8, 4) is 5.75 Å². The van der Waals surface area contributed by atoms with E-state index in [9.17, 15) is 67.7 Å². The van der Waals surface area contributed by atoms with Crippen LogP contribution in [0.3, 0.4) is 0 Å². The number of carbonyl (C=O) groups is 12. The Morgan fingerprint density at radius 2 is 1.12 bits per heavy atom. The number of hydrogen-bond donors (Lipinski definition) is 16. The number of benzene rings is 2. The van der Waals surface area contributed by atoms with Gasteiger partial charge in [-0.05, 0) is 73.1 Å². The number of H-pyrrole nitrogens is 1. The molecule has 21 N–H and O–H groups in total. The van der Waals surface area contributed by atoms with E-state index in [1.54, 1.807) is 71.9 Å². The number of hydrogen-bond acceptors (Lipinski definition) is 16. The highest BCUT2D eigenvalue weighted by atomic mass is 16.4. The van der Waals surface area contributed by atoms with Crippen LogP contribution in [-0.4, -0.2) is 175 Å². The predicted octanol–water partition coefficient (Wildman–Crippen LogP) is -3.41. The molecule has 0 aliphatic carbocycles. The van der Waals surface area contributed by atoms with Crippen molar-refractivity contribution in [1.82, 2.24) is 57.4 Å². The molecule has 11 amide bonds. The van der Waals surface area contributed by atoms with Crippen LogP contribution in [0, 0.1) is 17.8 Å². The lowest BCUT2D eigenvalue weighted by molar-refractivity contribution is -0.143. The van der Waals surface area contributed by atoms with Crippen LogP contribution >= 0.6 is 0 Å². The van der Waals surface area contributed by atoms with Gasteiger partial charge in [-0.2, -0.15) is 0 Å². The van der Waals surface area contributed by atoms with E-state index in [0.717, 1.165) is 0 Å². The number of aromatic hydroxyl groups is 1. The number of rotatable bonds is 36. The molecule has 4 rings (SSSR count). The number of aromatic nitrogens is 2. The minimum Gasteiger partial charge on any atom is -0.508 e. The SMILES string of the molecule is CC(C)C[C@H](NC(=O)[C@H](CC(N)=O)NC(=O)[C@H](Cc1ccccc1)NC(=O)[C@@H]1CCCN1C(=O)[C@H](Cc1cnc[nH]1)NC(=O)[C@@H](NC(=O)[C@H](Cc1ccc(O)cc1)NC(=O)[C@@H](NC(=O)[C@H](CCCN=C(N)N)NC(=O)[C@@H](N)CC(N)=O)C(C)C)C(C)C)C(=O)O. The fraction of sp³-hybridized carbons (Fsp3) is 0.525. The number of phenolic OH excluding ortho intramolecular Hbond substituents is 1. The molecule has 3 aromatic rings. The summed E-state index contributed by atoms with van der Waals surface area (Å²) in [6.45, 7) is 10.0. The Labute approximate surface area is 520 Å². The Bertz CT molecular complexity index is 3000. The summed E-state index contributed by atoms with van der Waals surface area (Å²) in [4.78, 5) is 176. The van der Waals surface area contributed by atoms with Gasteiger partial charge in [-0.25, -0.2) is 9.78 Å². The Morgan fingerprint density at radius 1 is 0.611 bits per heavy atom. The van der Waals surface area contributed by atoms with Gasteiger partial charge in [0.05, 0.1) is 25.2 Å². The molecule has 492 valence electrons. The lowest BCUT2D eigenvalue weighted by Crippen LogP contribution is -2.62. The number of likely N-dealkylation sites (tertiary alicyclic amines) is 1. The normalized spacial score (nSPS) is 15.9. The number of carbonyl (C=O) groups excluding carboxylic acids is 11. The highest BCUT2D eigenvalue weighted by Crippen LogP contribution is 2.22. The van der Waals surface area contributed by atoms with Gasteiger partial charge in [0.2, 0.25) is 65.0 Å². The van der Waals surface area contributed by atoms with Gasteiger partial charge >= 0.3 is 5.97 Å². The first kappa shape index (κ1) is 72.8. The lowest BCUT2D eigenvalue weighted by Gasteiger charge is -2.32. The van der Waals surface area contributed by atoms with Crippen LogP contribution < -0.4 is 71.2 Å². The number of aromatic amines is 1. The van der Waals surface area contributed by atoms with Crippen molar-refractivity contribution in [2.24, 2.45) is 51.4 Å². The van der Waals surface area contributed by atoms with Crippen LogP contribution in [0.1, 0.15) is 103 Å². The van der Waals surface area contributed by atoms with Gasteiger partial charge in [-0.15, -0.1) is 0 Å². The fourth-order valence-corrected chi connectivity index (χ4v) is 9.83. The van der Waals surface area contributed by atoms with Crippen molar-refractivity contribution in [1.29, 1.82) is 0 Å². The molecule has 1 fully saturated rings. The lowest BCUT2D eigenvalue weighted by atomic mass is 9.98. The van der Waals surface area contributed by atoms with Gasteiger partial charge in [0.1, 0.15) is 60.1 Å². The third kappa shape index (κ3) is 23.8. The first-order valence-corrected chi connectivity index (χ1v) is 29.6. The Morgan fingerprint density at radius 3 is 1.66 bits per heavy atom. The summed E-state index contributed by atoms with van der Waals surface area (Å²) < 4.78 is 0. The number of guanidine groups is 1. The van der Waals surface area contributed by atoms with Crippen molar-refractivity contribution >= 4 is 76.9 Å². The van der Waals surface area contributed by atoms with Crippen LogP contribution in [0.25, 0.3) is 0 Å². The number of amides is 11. The zero-order valence-corrected chi connectivity index (χ0v) is 51.4. The zero-order valence-electron chi connectivity index (χ0n) is 51.4. The van der Waals surface area contributed by atoms with Crippen LogP contribution in [0.4, 0.5) is 0 Å². The number of imidazole rings is 1.